The van der Waals surface area contributed by atoms with Crippen LogP contribution in [-0.4, -0.2) is 48.0 Å². The van der Waals surface area contributed by atoms with Crippen molar-refractivity contribution < 1.29 is 14.3 Å². The van der Waals surface area contributed by atoms with Gasteiger partial charge in [-0.25, -0.2) is 4.79 Å². The Labute approximate surface area is 154 Å². The van der Waals surface area contributed by atoms with E-state index in [9.17, 15) is 9.59 Å². The fraction of sp³-hybridized carbons (Fsp3) is 0.294. The summed E-state index contributed by atoms with van der Waals surface area (Å²) < 4.78 is 4.94. The van der Waals surface area contributed by atoms with E-state index in [4.69, 9.17) is 4.74 Å². The Morgan fingerprint density at radius 1 is 1.27 bits per heavy atom. The number of nitrogens with one attached hydrogen (secondary N) is 1. The van der Waals surface area contributed by atoms with Crippen LogP contribution in [0.15, 0.2) is 55.1 Å². The fourth-order valence-electron chi connectivity index (χ4n) is 1.14. The van der Waals surface area contributed by atoms with Crippen LogP contribution in [-0.2, 0) is 9.59 Å². The predicted molar refractivity (Wildman–Crippen MR) is 90.8 cm³/mol. The van der Waals surface area contributed by atoms with Crippen molar-refractivity contribution >= 4 is 41.4 Å². The predicted octanol–water partition coefficient (Wildman–Crippen LogP) is 2.88. The summed E-state index contributed by atoms with van der Waals surface area (Å²) in [6.07, 6.45) is 3.44. The van der Waals surface area contributed by atoms with Crippen molar-refractivity contribution in [2.24, 2.45) is 0 Å². The molecule has 115 valence electrons. The van der Waals surface area contributed by atoms with E-state index in [-0.39, 0.29) is 41.4 Å². The molecule has 0 heterocycles. The minimum absolute atomic E-state index is 0. The molecule has 0 aliphatic carbocycles. The fourth-order valence-corrected chi connectivity index (χ4v) is 1.14. The average molecular weight is 312 g/mol. The van der Waals surface area contributed by atoms with Crippen LogP contribution < -0.4 is 10.1 Å². The molecule has 0 saturated carbocycles. The number of hydrogen-bond acceptors (Lipinski definition) is 3. The molecule has 0 bridgehead atoms. The van der Waals surface area contributed by atoms with Crippen molar-refractivity contribution in [3.8, 4) is 5.75 Å². The Hall–Kier alpha value is -1.36. The molecule has 1 aromatic carbocycles. The third kappa shape index (κ3) is 12.4. The van der Waals surface area contributed by atoms with Gasteiger partial charge in [0, 0.05) is 41.7 Å². The van der Waals surface area contributed by atoms with Gasteiger partial charge in [0.25, 0.3) is 0 Å². The van der Waals surface area contributed by atoms with E-state index in [0.29, 0.717) is 11.3 Å². The zero-order chi connectivity index (χ0) is 16.1. The summed E-state index contributed by atoms with van der Waals surface area (Å²) in [7, 11) is 0. The first-order valence-corrected chi connectivity index (χ1v) is 6.84. The molecule has 5 heteroatoms. The van der Waals surface area contributed by atoms with Gasteiger partial charge < -0.3 is 10.1 Å². The molecule has 0 unspecified atom stereocenters. The molecule has 0 aliphatic rings. The summed E-state index contributed by atoms with van der Waals surface area (Å²) in [5.41, 5.74) is 0.402. The smallest absolute Gasteiger partial charge is 0.338 e. The summed E-state index contributed by atoms with van der Waals surface area (Å²) in [6, 6.07) is 8.92. The standard InChI is InChI=1S/C10H10O2.C7H13NO.Na/c1-8(2)10(11)12-9-6-4-3-5-7-9;1-3-5-6-8-7(9)4-2;/h3-7H,1H2,2H3;4H,2-3,5-6H2,1H3,(H,8,9);. The Bertz CT molecular complexity index is 472. The minimum atomic E-state index is -0.388. The molecule has 1 radical (unpaired) electrons. The van der Waals surface area contributed by atoms with Crippen LogP contribution in [0.2, 0.25) is 0 Å². The van der Waals surface area contributed by atoms with Gasteiger partial charge >= 0.3 is 5.97 Å². The van der Waals surface area contributed by atoms with Crippen LogP contribution in [0, 0.1) is 0 Å². The SMILES string of the molecule is C=C(C)C(=O)Oc1ccccc1.C=CC(=O)NCCCC.[Na]. The molecule has 4 nitrogen and oxygen atoms in total. The molecule has 0 aliphatic heterocycles. The first-order valence-electron chi connectivity index (χ1n) is 6.84. The van der Waals surface area contributed by atoms with E-state index >= 15 is 0 Å². The van der Waals surface area contributed by atoms with E-state index in [1.54, 1.807) is 31.2 Å². The van der Waals surface area contributed by atoms with Gasteiger partial charge in [-0.2, -0.15) is 0 Å². The van der Waals surface area contributed by atoms with Gasteiger partial charge in [-0.1, -0.05) is 44.7 Å². The van der Waals surface area contributed by atoms with Crippen molar-refractivity contribution in [3.63, 3.8) is 0 Å². The van der Waals surface area contributed by atoms with Crippen molar-refractivity contribution in [3.05, 3.63) is 55.1 Å². The van der Waals surface area contributed by atoms with Gasteiger partial charge in [-0.05, 0) is 31.6 Å². The number of amides is 1. The number of carbonyl (C=O) groups excluding carboxylic acids is 2. The monoisotopic (exact) mass is 312 g/mol. The number of carbonyl (C=O) groups is 2. The summed E-state index contributed by atoms with van der Waals surface area (Å²) in [5, 5.41) is 2.68. The molecule has 0 atom stereocenters. The maximum atomic E-state index is 11.0. The largest absolute Gasteiger partial charge is 0.423 e. The Balaban J connectivity index is 0. The van der Waals surface area contributed by atoms with E-state index in [2.05, 4.69) is 25.4 Å². The molecule has 22 heavy (non-hydrogen) atoms. The summed E-state index contributed by atoms with van der Waals surface area (Å²) in [4.78, 5) is 21.4. The first kappa shape index (κ1) is 22.9. The Morgan fingerprint density at radius 2 is 1.86 bits per heavy atom. The second-order valence-corrected chi connectivity index (χ2v) is 4.33. The maximum absolute atomic E-state index is 11.0. The topological polar surface area (TPSA) is 55.4 Å². The molecule has 1 rings (SSSR count). The average Bonchev–Trinajstić information content (AvgIpc) is 2.49. The zero-order valence-corrected chi connectivity index (χ0v) is 15.7. The molecule has 0 aromatic heterocycles. The Morgan fingerprint density at radius 3 is 2.32 bits per heavy atom. The number of rotatable bonds is 6. The van der Waals surface area contributed by atoms with Gasteiger partial charge in [0.05, 0.1) is 0 Å². The number of benzene rings is 1. The van der Waals surface area contributed by atoms with Crippen molar-refractivity contribution in [2.75, 3.05) is 6.54 Å². The number of ether oxygens (including phenoxy) is 1. The second kappa shape index (κ2) is 14.6. The third-order valence-corrected chi connectivity index (χ3v) is 2.32. The van der Waals surface area contributed by atoms with Crippen LogP contribution in [0.25, 0.3) is 0 Å². The number of para-hydroxylation sites is 1. The second-order valence-electron chi connectivity index (χ2n) is 4.33. The van der Waals surface area contributed by atoms with Crippen LogP contribution in [0.1, 0.15) is 26.7 Å². The quantitative estimate of drug-likeness (QED) is 0.289. The summed E-state index contributed by atoms with van der Waals surface area (Å²) >= 11 is 0. The van der Waals surface area contributed by atoms with Crippen LogP contribution >= 0.6 is 0 Å². The molecular formula is C17H23NNaO3. The van der Waals surface area contributed by atoms with Crippen LogP contribution in [0.4, 0.5) is 0 Å². The van der Waals surface area contributed by atoms with E-state index in [0.717, 1.165) is 19.4 Å². The third-order valence-electron chi connectivity index (χ3n) is 2.32. The van der Waals surface area contributed by atoms with Crippen LogP contribution in [0.3, 0.4) is 0 Å². The molecule has 1 amide bonds. The van der Waals surface area contributed by atoms with Gasteiger partial charge in [0.15, 0.2) is 0 Å². The van der Waals surface area contributed by atoms with Gasteiger partial charge in [-0.15, -0.1) is 0 Å². The Kier molecular flexibility index (Phi) is 15.2. The summed E-state index contributed by atoms with van der Waals surface area (Å²) in [6.45, 7) is 11.3. The summed E-state index contributed by atoms with van der Waals surface area (Å²) in [5.74, 6) is 0.0788. The van der Waals surface area contributed by atoms with Gasteiger partial charge in [-0.3, -0.25) is 4.79 Å². The maximum Gasteiger partial charge on any atom is 0.338 e. The molecule has 0 fully saturated rings. The normalized spacial score (nSPS) is 8.45. The van der Waals surface area contributed by atoms with Gasteiger partial charge in [0.1, 0.15) is 5.75 Å². The zero-order valence-electron chi connectivity index (χ0n) is 13.7. The number of hydrogen-bond donors (Lipinski definition) is 1. The van der Waals surface area contributed by atoms with Gasteiger partial charge in [0.2, 0.25) is 5.91 Å². The molecule has 0 saturated heterocycles. The van der Waals surface area contributed by atoms with E-state index in [1.807, 2.05) is 6.07 Å². The molecule has 1 aromatic rings. The van der Waals surface area contributed by atoms with Crippen molar-refractivity contribution in [1.29, 1.82) is 0 Å². The minimum Gasteiger partial charge on any atom is -0.423 e. The van der Waals surface area contributed by atoms with E-state index in [1.165, 1.54) is 6.08 Å². The molecule has 0 spiro atoms. The molecular weight excluding hydrogens is 289 g/mol. The number of esters is 1. The van der Waals surface area contributed by atoms with Crippen molar-refractivity contribution in [2.45, 2.75) is 26.7 Å². The van der Waals surface area contributed by atoms with Crippen molar-refractivity contribution in [1.82, 2.24) is 5.32 Å². The van der Waals surface area contributed by atoms with E-state index < -0.39 is 0 Å². The molecule has 1 N–H and O–H groups in total. The van der Waals surface area contributed by atoms with Crippen LogP contribution in [0.5, 0.6) is 5.75 Å². The number of unbranched alkanes of at least 4 members (excludes halogenated alkanes) is 1. The first-order chi connectivity index (χ1) is 10.0.